The number of nitrogens with one attached hydrogen (secondary N) is 1. The van der Waals surface area contributed by atoms with Crippen LogP contribution in [0.2, 0.25) is 0 Å². The molecule has 0 fully saturated rings. The highest BCUT2D eigenvalue weighted by Crippen LogP contribution is 2.26. The Hall–Kier alpha value is -2.37. The third-order valence-corrected chi connectivity index (χ3v) is 5.73. The number of ether oxygens (including phenoxy) is 1. The second kappa shape index (κ2) is 12.2. The summed E-state index contributed by atoms with van der Waals surface area (Å²) in [5, 5.41) is 20.4. The van der Waals surface area contributed by atoms with Crippen molar-refractivity contribution in [2.75, 3.05) is 17.7 Å². The fourth-order valence-electron chi connectivity index (χ4n) is 2.10. The van der Waals surface area contributed by atoms with E-state index in [1.165, 1.54) is 11.3 Å². The van der Waals surface area contributed by atoms with E-state index in [1.54, 1.807) is 17.8 Å². The third-order valence-electron chi connectivity index (χ3n) is 3.67. The van der Waals surface area contributed by atoms with Crippen molar-refractivity contribution in [3.8, 4) is 11.8 Å². The van der Waals surface area contributed by atoms with Crippen LogP contribution in [0.3, 0.4) is 0 Å². The predicted molar refractivity (Wildman–Crippen MR) is 115 cm³/mol. The van der Waals surface area contributed by atoms with Crippen molar-refractivity contribution in [2.45, 2.75) is 43.9 Å². The maximum Gasteiger partial charge on any atom is 0.268 e. The predicted octanol–water partition coefficient (Wildman–Crippen LogP) is 5.15. The summed E-state index contributed by atoms with van der Waals surface area (Å²) in [5.41, 5.74) is 0.762. The molecule has 1 heterocycles. The number of amides is 1. The van der Waals surface area contributed by atoms with Crippen LogP contribution in [0, 0.1) is 11.3 Å². The summed E-state index contributed by atoms with van der Waals surface area (Å²) in [6.07, 6.45) is 5.86. The number of aromatic nitrogens is 2. The Morgan fingerprint density at radius 3 is 2.68 bits per heavy atom. The van der Waals surface area contributed by atoms with E-state index >= 15 is 0 Å². The van der Waals surface area contributed by atoms with Crippen molar-refractivity contribution in [2.24, 2.45) is 0 Å². The topological polar surface area (TPSA) is 87.9 Å². The molecule has 8 heteroatoms. The number of hydrogen-bond acceptors (Lipinski definition) is 7. The Kier molecular flexibility index (Phi) is 9.52. The largest absolute Gasteiger partial charge is 0.494 e. The number of hydrogen-bond donors (Lipinski definition) is 1. The van der Waals surface area contributed by atoms with Gasteiger partial charge in [0.25, 0.3) is 5.91 Å². The quantitative estimate of drug-likeness (QED) is 0.179. The maximum atomic E-state index is 12.4. The average Bonchev–Trinajstić information content (AvgIpc) is 3.14. The molecule has 0 atom stereocenters. The number of carbonyl (C=O) groups is 1. The average molecular weight is 417 g/mol. The molecule has 0 spiro atoms. The summed E-state index contributed by atoms with van der Waals surface area (Å²) in [6, 6.07) is 9.25. The zero-order valence-electron chi connectivity index (χ0n) is 16.1. The second-order valence-electron chi connectivity index (χ2n) is 5.97. The Morgan fingerprint density at radius 2 is 2.00 bits per heavy atom. The lowest BCUT2D eigenvalue weighted by Gasteiger charge is -2.05. The lowest BCUT2D eigenvalue weighted by molar-refractivity contribution is -0.112. The first-order chi connectivity index (χ1) is 13.7. The molecule has 0 aliphatic carbocycles. The van der Waals surface area contributed by atoms with E-state index in [1.807, 2.05) is 30.3 Å². The lowest BCUT2D eigenvalue weighted by atomic mass is 10.1. The number of rotatable bonds is 11. The molecule has 28 heavy (non-hydrogen) atoms. The van der Waals surface area contributed by atoms with Crippen molar-refractivity contribution >= 4 is 40.2 Å². The van der Waals surface area contributed by atoms with Gasteiger partial charge in [-0.25, -0.2) is 0 Å². The van der Waals surface area contributed by atoms with E-state index in [2.05, 4.69) is 29.4 Å². The fourth-order valence-corrected chi connectivity index (χ4v) is 4.00. The third kappa shape index (κ3) is 7.33. The van der Waals surface area contributed by atoms with E-state index in [0.29, 0.717) is 11.7 Å². The normalized spacial score (nSPS) is 11.1. The van der Waals surface area contributed by atoms with E-state index in [-0.39, 0.29) is 5.57 Å². The molecule has 0 radical (unpaired) electrons. The van der Waals surface area contributed by atoms with Gasteiger partial charge in [-0.1, -0.05) is 61.9 Å². The number of unbranched alkanes of at least 4 members (excludes halogenated alkanes) is 2. The molecule has 2 aromatic rings. The number of thioether (sulfide) groups is 1. The van der Waals surface area contributed by atoms with Gasteiger partial charge in [0, 0.05) is 5.75 Å². The standard InChI is InChI=1S/C20H24N4O2S2/c1-3-5-11-26-17-9-7-15(8-10-17)13-16(14-21)18(25)22-19-23-24-20(28-19)27-12-6-4-2/h7-10,13H,3-6,11-12H2,1-2H3,(H,22,23,25)/b16-13+. The van der Waals surface area contributed by atoms with Crippen LogP contribution in [0.4, 0.5) is 5.13 Å². The highest BCUT2D eigenvalue weighted by Gasteiger charge is 2.13. The van der Waals surface area contributed by atoms with Crippen LogP contribution in [0.15, 0.2) is 34.2 Å². The molecule has 0 bridgehead atoms. The number of nitrogens with zero attached hydrogens (tertiary/aromatic N) is 3. The maximum absolute atomic E-state index is 12.4. The second-order valence-corrected chi connectivity index (χ2v) is 8.29. The van der Waals surface area contributed by atoms with Gasteiger partial charge in [-0.15, -0.1) is 10.2 Å². The van der Waals surface area contributed by atoms with Gasteiger partial charge in [-0.2, -0.15) is 5.26 Å². The van der Waals surface area contributed by atoms with Crippen molar-refractivity contribution in [1.82, 2.24) is 10.2 Å². The summed E-state index contributed by atoms with van der Waals surface area (Å²) >= 11 is 2.93. The molecule has 1 aromatic heterocycles. The zero-order valence-corrected chi connectivity index (χ0v) is 17.7. The van der Waals surface area contributed by atoms with Gasteiger partial charge < -0.3 is 4.74 Å². The van der Waals surface area contributed by atoms with Gasteiger partial charge in [0.1, 0.15) is 17.4 Å². The molecular weight excluding hydrogens is 392 g/mol. The monoisotopic (exact) mass is 416 g/mol. The molecule has 1 amide bonds. The summed E-state index contributed by atoms with van der Waals surface area (Å²) in [5.74, 6) is 1.25. The summed E-state index contributed by atoms with van der Waals surface area (Å²) < 4.78 is 6.43. The number of nitriles is 1. The Bertz CT molecular complexity index is 825. The Labute approximate surface area is 174 Å². The summed E-state index contributed by atoms with van der Waals surface area (Å²) in [7, 11) is 0. The van der Waals surface area contributed by atoms with Gasteiger partial charge in [-0.3, -0.25) is 10.1 Å². The van der Waals surface area contributed by atoms with Gasteiger partial charge in [0.15, 0.2) is 4.34 Å². The van der Waals surface area contributed by atoms with Crippen LogP contribution in [-0.2, 0) is 4.79 Å². The highest BCUT2D eigenvalue weighted by atomic mass is 32.2. The van der Waals surface area contributed by atoms with Crippen LogP contribution < -0.4 is 10.1 Å². The Balaban J connectivity index is 1.96. The minimum absolute atomic E-state index is 0.00929. The van der Waals surface area contributed by atoms with E-state index < -0.39 is 5.91 Å². The van der Waals surface area contributed by atoms with E-state index in [9.17, 15) is 10.1 Å². The summed E-state index contributed by atoms with van der Waals surface area (Å²) in [4.78, 5) is 12.4. The van der Waals surface area contributed by atoms with Gasteiger partial charge in [-0.05, 0) is 36.6 Å². The first kappa shape index (κ1) is 21.9. The molecule has 0 saturated carbocycles. The lowest BCUT2D eigenvalue weighted by Crippen LogP contribution is -2.13. The molecule has 1 N–H and O–H groups in total. The molecular formula is C20H24N4O2S2. The number of carbonyl (C=O) groups excluding carboxylic acids is 1. The van der Waals surface area contributed by atoms with Crippen molar-refractivity contribution < 1.29 is 9.53 Å². The molecule has 2 rings (SSSR count). The van der Waals surface area contributed by atoms with Crippen molar-refractivity contribution in [3.05, 3.63) is 35.4 Å². The zero-order chi connectivity index (χ0) is 20.2. The van der Waals surface area contributed by atoms with Crippen LogP contribution >= 0.6 is 23.1 Å². The van der Waals surface area contributed by atoms with Gasteiger partial charge in [0.2, 0.25) is 5.13 Å². The molecule has 1 aromatic carbocycles. The highest BCUT2D eigenvalue weighted by molar-refractivity contribution is 8.01. The number of anilines is 1. The number of benzene rings is 1. The Morgan fingerprint density at radius 1 is 1.25 bits per heavy atom. The smallest absolute Gasteiger partial charge is 0.268 e. The van der Waals surface area contributed by atoms with Gasteiger partial charge in [0.05, 0.1) is 6.61 Å². The SMILES string of the molecule is CCCCOc1ccc(/C=C(\C#N)C(=O)Nc2nnc(SCCCC)s2)cc1. The molecule has 0 unspecified atom stereocenters. The first-order valence-corrected chi connectivity index (χ1v) is 11.1. The van der Waals surface area contributed by atoms with E-state index in [4.69, 9.17) is 4.74 Å². The molecule has 0 aliphatic heterocycles. The first-order valence-electron chi connectivity index (χ1n) is 9.28. The van der Waals surface area contributed by atoms with Crippen LogP contribution in [0.1, 0.15) is 45.1 Å². The minimum Gasteiger partial charge on any atom is -0.494 e. The van der Waals surface area contributed by atoms with Crippen LogP contribution in [0.25, 0.3) is 6.08 Å². The van der Waals surface area contributed by atoms with E-state index in [0.717, 1.165) is 47.1 Å². The van der Waals surface area contributed by atoms with Crippen molar-refractivity contribution in [3.63, 3.8) is 0 Å². The molecule has 0 saturated heterocycles. The molecule has 6 nitrogen and oxygen atoms in total. The van der Waals surface area contributed by atoms with Gasteiger partial charge >= 0.3 is 0 Å². The van der Waals surface area contributed by atoms with Crippen LogP contribution in [-0.4, -0.2) is 28.5 Å². The van der Waals surface area contributed by atoms with Crippen molar-refractivity contribution in [1.29, 1.82) is 5.26 Å². The van der Waals surface area contributed by atoms with Crippen LogP contribution in [0.5, 0.6) is 5.75 Å². The minimum atomic E-state index is -0.493. The molecule has 148 valence electrons. The molecule has 0 aliphatic rings. The fraction of sp³-hybridized carbons (Fsp3) is 0.400. The summed E-state index contributed by atoms with van der Waals surface area (Å²) in [6.45, 7) is 4.92.